The Kier molecular flexibility index (Phi) is 16.9. The lowest BCUT2D eigenvalue weighted by Crippen LogP contribution is -2.54. The maximum atomic E-state index is 13.1. The molecule has 0 aliphatic rings. The molecule has 0 aliphatic carbocycles. The molecule has 0 bridgehead atoms. The fourth-order valence-corrected chi connectivity index (χ4v) is 3.54. The van der Waals surface area contributed by atoms with E-state index in [0.717, 1.165) is 25.7 Å². The number of esters is 1. The van der Waals surface area contributed by atoms with Crippen LogP contribution in [0.4, 0.5) is 30.7 Å². The SMILES string of the molecule is CCCCCCCCCCCCCCCCCCCC(=O)OCC(F)(F)C(F)(F)C(F)(F)F. The highest BCUT2D eigenvalue weighted by Gasteiger charge is 2.73. The van der Waals surface area contributed by atoms with E-state index >= 15 is 0 Å². The third-order valence-corrected chi connectivity index (χ3v) is 5.71. The number of ether oxygens (including phenoxy) is 1. The first-order valence-electron chi connectivity index (χ1n) is 12.4. The van der Waals surface area contributed by atoms with Crippen molar-refractivity contribution in [3.8, 4) is 0 Å². The summed E-state index contributed by atoms with van der Waals surface area (Å²) in [5.41, 5.74) is 0. The third kappa shape index (κ3) is 14.8. The average molecular weight is 495 g/mol. The minimum Gasteiger partial charge on any atom is -0.459 e. The molecular formula is C24H41F7O2. The summed E-state index contributed by atoms with van der Waals surface area (Å²) in [6, 6.07) is 0. The number of rotatable bonds is 21. The fourth-order valence-electron chi connectivity index (χ4n) is 3.54. The Morgan fingerprint density at radius 1 is 0.576 bits per heavy atom. The maximum absolute atomic E-state index is 13.1. The van der Waals surface area contributed by atoms with Gasteiger partial charge in [0.15, 0.2) is 6.61 Å². The molecule has 0 unspecified atom stereocenters. The zero-order valence-electron chi connectivity index (χ0n) is 19.9. The van der Waals surface area contributed by atoms with Crippen molar-refractivity contribution in [2.45, 2.75) is 141 Å². The molecule has 0 fully saturated rings. The molecule has 0 rings (SSSR count). The van der Waals surface area contributed by atoms with Crippen LogP contribution in [0, 0.1) is 0 Å². The number of unbranched alkanes of at least 4 members (excludes halogenated alkanes) is 16. The molecule has 198 valence electrons. The van der Waals surface area contributed by atoms with Crippen molar-refractivity contribution in [1.82, 2.24) is 0 Å². The molecule has 0 atom stereocenters. The van der Waals surface area contributed by atoms with Gasteiger partial charge in [-0.05, 0) is 6.42 Å². The molecule has 0 aromatic carbocycles. The first kappa shape index (κ1) is 32.0. The highest BCUT2D eigenvalue weighted by molar-refractivity contribution is 5.69. The van der Waals surface area contributed by atoms with E-state index in [1.165, 1.54) is 70.6 Å². The van der Waals surface area contributed by atoms with Crippen LogP contribution in [0.3, 0.4) is 0 Å². The van der Waals surface area contributed by atoms with Crippen LogP contribution in [0.1, 0.15) is 122 Å². The van der Waals surface area contributed by atoms with Gasteiger partial charge in [-0.2, -0.15) is 30.7 Å². The van der Waals surface area contributed by atoms with Crippen LogP contribution in [0.2, 0.25) is 0 Å². The van der Waals surface area contributed by atoms with Crippen LogP contribution >= 0.6 is 0 Å². The molecule has 0 N–H and O–H groups in total. The Labute approximate surface area is 194 Å². The molecule has 0 spiro atoms. The summed E-state index contributed by atoms with van der Waals surface area (Å²) in [7, 11) is 0. The highest BCUT2D eigenvalue weighted by atomic mass is 19.4. The summed E-state index contributed by atoms with van der Waals surface area (Å²) in [5.74, 6) is -13.0. The van der Waals surface area contributed by atoms with Crippen molar-refractivity contribution in [1.29, 1.82) is 0 Å². The van der Waals surface area contributed by atoms with Crippen molar-refractivity contribution in [2.24, 2.45) is 0 Å². The van der Waals surface area contributed by atoms with E-state index in [2.05, 4.69) is 11.7 Å². The molecule has 0 saturated carbocycles. The lowest BCUT2D eigenvalue weighted by molar-refractivity contribution is -0.359. The summed E-state index contributed by atoms with van der Waals surface area (Å²) in [4.78, 5) is 11.3. The number of halogens is 7. The minimum absolute atomic E-state index is 0.285. The summed E-state index contributed by atoms with van der Waals surface area (Å²) in [5, 5.41) is 0. The molecular weight excluding hydrogens is 453 g/mol. The first-order chi connectivity index (χ1) is 15.5. The summed E-state index contributed by atoms with van der Waals surface area (Å²) in [6.07, 6.45) is 12.6. The Hall–Kier alpha value is -1.02. The van der Waals surface area contributed by atoms with Gasteiger partial charge in [0, 0.05) is 6.42 Å². The Morgan fingerprint density at radius 2 is 0.909 bits per heavy atom. The van der Waals surface area contributed by atoms with Crippen molar-refractivity contribution in [2.75, 3.05) is 6.61 Å². The van der Waals surface area contributed by atoms with Gasteiger partial charge in [0.2, 0.25) is 0 Å². The van der Waals surface area contributed by atoms with Gasteiger partial charge >= 0.3 is 24.0 Å². The molecule has 0 aromatic heterocycles. The average Bonchev–Trinajstić information content (AvgIpc) is 2.73. The zero-order valence-corrected chi connectivity index (χ0v) is 19.9. The number of carbonyl (C=O) groups excluding carboxylic acids is 1. The number of hydrogen-bond acceptors (Lipinski definition) is 2. The Balaban J connectivity index is 3.54. The van der Waals surface area contributed by atoms with Crippen LogP contribution < -0.4 is 0 Å². The molecule has 0 radical (unpaired) electrons. The molecule has 2 nitrogen and oxygen atoms in total. The largest absolute Gasteiger partial charge is 0.460 e. The van der Waals surface area contributed by atoms with Crippen molar-refractivity contribution >= 4 is 5.97 Å². The Morgan fingerprint density at radius 3 is 1.24 bits per heavy atom. The van der Waals surface area contributed by atoms with Gasteiger partial charge in [-0.15, -0.1) is 0 Å². The van der Waals surface area contributed by atoms with Gasteiger partial charge in [0.05, 0.1) is 0 Å². The van der Waals surface area contributed by atoms with Crippen LogP contribution in [-0.4, -0.2) is 30.6 Å². The molecule has 33 heavy (non-hydrogen) atoms. The molecule has 0 amide bonds. The van der Waals surface area contributed by atoms with Gasteiger partial charge in [-0.3, -0.25) is 4.79 Å². The normalized spacial score (nSPS) is 12.8. The summed E-state index contributed by atoms with van der Waals surface area (Å²) >= 11 is 0. The fraction of sp³-hybridized carbons (Fsp3) is 0.958. The van der Waals surface area contributed by atoms with E-state index in [0.29, 0.717) is 12.8 Å². The third-order valence-electron chi connectivity index (χ3n) is 5.71. The molecule has 0 saturated heterocycles. The van der Waals surface area contributed by atoms with Gasteiger partial charge in [0.1, 0.15) is 0 Å². The van der Waals surface area contributed by atoms with E-state index in [9.17, 15) is 35.5 Å². The predicted octanol–water partition coefficient (Wildman–Crippen LogP) is 9.40. The van der Waals surface area contributed by atoms with Crippen molar-refractivity contribution < 1.29 is 40.3 Å². The van der Waals surface area contributed by atoms with Crippen molar-refractivity contribution in [3.05, 3.63) is 0 Å². The minimum atomic E-state index is -6.42. The number of hydrogen-bond donors (Lipinski definition) is 0. The predicted molar refractivity (Wildman–Crippen MR) is 116 cm³/mol. The highest BCUT2D eigenvalue weighted by Crippen LogP contribution is 2.46. The second kappa shape index (κ2) is 17.4. The first-order valence-corrected chi connectivity index (χ1v) is 12.4. The topological polar surface area (TPSA) is 26.3 Å². The lowest BCUT2D eigenvalue weighted by Gasteiger charge is -2.27. The molecule has 9 heteroatoms. The maximum Gasteiger partial charge on any atom is 0.460 e. The lowest BCUT2D eigenvalue weighted by atomic mass is 10.0. The van der Waals surface area contributed by atoms with Gasteiger partial charge in [0.25, 0.3) is 0 Å². The second-order valence-corrected chi connectivity index (χ2v) is 8.84. The standard InChI is InChI=1S/C24H41F7O2/c1-2-3-4-5-6-7-8-9-10-11-12-13-14-15-16-17-18-19-21(32)33-20-22(25,26)23(27,28)24(29,30)31/h2-20H2,1H3. The van der Waals surface area contributed by atoms with Gasteiger partial charge < -0.3 is 4.74 Å². The van der Waals surface area contributed by atoms with Crippen LogP contribution in [0.25, 0.3) is 0 Å². The molecule has 0 aromatic rings. The molecule has 0 heterocycles. The monoisotopic (exact) mass is 494 g/mol. The smallest absolute Gasteiger partial charge is 0.459 e. The quantitative estimate of drug-likeness (QED) is 0.0902. The number of carbonyl (C=O) groups is 1. The zero-order chi connectivity index (χ0) is 25.2. The van der Waals surface area contributed by atoms with Crippen LogP contribution in [-0.2, 0) is 9.53 Å². The van der Waals surface area contributed by atoms with E-state index in [1.54, 1.807) is 0 Å². The van der Waals surface area contributed by atoms with E-state index in [-0.39, 0.29) is 6.42 Å². The second-order valence-electron chi connectivity index (χ2n) is 8.84. The van der Waals surface area contributed by atoms with Crippen LogP contribution in [0.5, 0.6) is 0 Å². The number of alkyl halides is 7. The van der Waals surface area contributed by atoms with Crippen molar-refractivity contribution in [3.63, 3.8) is 0 Å². The van der Waals surface area contributed by atoms with E-state index in [1.807, 2.05) is 0 Å². The van der Waals surface area contributed by atoms with Crippen LogP contribution in [0.15, 0.2) is 0 Å². The van der Waals surface area contributed by atoms with E-state index in [4.69, 9.17) is 0 Å². The van der Waals surface area contributed by atoms with E-state index < -0.39 is 30.6 Å². The summed E-state index contributed by atoms with van der Waals surface area (Å²) in [6.45, 7) is -0.0731. The summed E-state index contributed by atoms with van der Waals surface area (Å²) < 4.78 is 91.5. The van der Waals surface area contributed by atoms with Gasteiger partial charge in [-0.25, -0.2) is 0 Å². The van der Waals surface area contributed by atoms with Gasteiger partial charge in [-0.1, -0.05) is 110 Å². The Bertz CT molecular complexity index is 494. The molecule has 0 aliphatic heterocycles.